The van der Waals surface area contributed by atoms with E-state index in [1.54, 1.807) is 4.90 Å². The number of benzene rings is 1. The van der Waals surface area contributed by atoms with E-state index >= 15 is 0 Å². The van der Waals surface area contributed by atoms with E-state index in [1.807, 2.05) is 40.7 Å². The SMILES string of the molecule is Cc1ccc(C2(C)CC([C@@H]3C[C@@H](O)CN3C(=O)[C@H](c3cc(C)no3)C(C)C)=NO2)cc1. The summed E-state index contributed by atoms with van der Waals surface area (Å²) >= 11 is 0. The standard InChI is InChI=1S/C24H31N3O4/c1-14(2)22(21-10-16(4)25-30-21)23(29)27-13-18(28)11-20(27)19-12-24(5,31-26-19)17-8-6-15(3)7-9-17/h6-10,14,18,20,22,28H,11-13H2,1-5H3/t18-,20+,22+,24?/m1/s1. The van der Waals surface area contributed by atoms with Gasteiger partial charge in [0.25, 0.3) is 0 Å². The maximum Gasteiger partial charge on any atom is 0.234 e. The normalized spacial score (nSPS) is 26.8. The first kappa shape index (κ1) is 21.6. The minimum Gasteiger partial charge on any atom is -0.391 e. The molecule has 1 amide bonds. The fourth-order valence-electron chi connectivity index (χ4n) is 4.63. The lowest BCUT2D eigenvalue weighted by atomic mass is 9.87. The number of likely N-dealkylation sites (tertiary alicyclic amines) is 1. The van der Waals surface area contributed by atoms with Crippen molar-refractivity contribution in [2.45, 2.75) is 71.1 Å². The van der Waals surface area contributed by atoms with Gasteiger partial charge in [0.15, 0.2) is 5.60 Å². The van der Waals surface area contributed by atoms with E-state index in [0.29, 0.717) is 18.6 Å². The Balaban J connectivity index is 1.57. The maximum atomic E-state index is 13.6. The number of rotatable bonds is 5. The number of aliphatic hydroxyl groups is 1. The Hall–Kier alpha value is -2.67. The van der Waals surface area contributed by atoms with Crippen LogP contribution in [0, 0.1) is 19.8 Å². The first-order valence-electron chi connectivity index (χ1n) is 10.9. The number of aryl methyl sites for hydroxylation is 2. The second kappa shape index (κ2) is 8.11. The quantitative estimate of drug-likeness (QED) is 0.789. The molecular weight excluding hydrogens is 394 g/mol. The van der Waals surface area contributed by atoms with Crippen molar-refractivity contribution in [3.63, 3.8) is 0 Å². The lowest BCUT2D eigenvalue weighted by Crippen LogP contribution is -2.44. The van der Waals surface area contributed by atoms with E-state index in [2.05, 4.69) is 34.6 Å². The summed E-state index contributed by atoms with van der Waals surface area (Å²) in [7, 11) is 0. The Morgan fingerprint density at radius 2 is 1.97 bits per heavy atom. The second-order valence-corrected chi connectivity index (χ2v) is 9.44. The minimum atomic E-state index is -0.591. The van der Waals surface area contributed by atoms with Crippen molar-refractivity contribution in [2.75, 3.05) is 6.54 Å². The van der Waals surface area contributed by atoms with Crippen molar-refractivity contribution in [3.8, 4) is 0 Å². The fraction of sp³-hybridized carbons (Fsp3) is 0.542. The number of β-amino-alcohol motifs (C(OH)–C–C–N with tert-alkyl or cyclic N) is 1. The van der Waals surface area contributed by atoms with E-state index in [-0.39, 0.29) is 24.4 Å². The first-order valence-corrected chi connectivity index (χ1v) is 10.9. The molecule has 0 radical (unpaired) electrons. The van der Waals surface area contributed by atoms with E-state index in [0.717, 1.165) is 17.0 Å². The summed E-state index contributed by atoms with van der Waals surface area (Å²) in [5, 5.41) is 18.8. The van der Waals surface area contributed by atoms with Crippen LogP contribution >= 0.6 is 0 Å². The fourth-order valence-corrected chi connectivity index (χ4v) is 4.63. The van der Waals surface area contributed by atoms with Crippen molar-refractivity contribution >= 4 is 11.6 Å². The molecule has 2 aromatic rings. The Morgan fingerprint density at radius 1 is 1.26 bits per heavy atom. The molecule has 0 bridgehead atoms. The number of hydrogen-bond acceptors (Lipinski definition) is 6. The van der Waals surface area contributed by atoms with Gasteiger partial charge in [0.05, 0.1) is 23.6 Å². The summed E-state index contributed by atoms with van der Waals surface area (Å²) in [6.07, 6.45) is 0.440. The molecule has 0 saturated carbocycles. The van der Waals surface area contributed by atoms with Crippen molar-refractivity contribution in [1.82, 2.24) is 10.1 Å². The molecule has 3 heterocycles. The molecule has 2 aliphatic rings. The molecule has 1 N–H and O–H groups in total. The van der Waals surface area contributed by atoms with Crippen LogP contribution in [0.4, 0.5) is 0 Å². The Bertz CT molecular complexity index is 981. The summed E-state index contributed by atoms with van der Waals surface area (Å²) in [5.41, 5.74) is 3.19. The lowest BCUT2D eigenvalue weighted by Gasteiger charge is -2.29. The zero-order valence-corrected chi connectivity index (χ0v) is 18.8. The van der Waals surface area contributed by atoms with Crippen LogP contribution in [-0.4, -0.2) is 45.5 Å². The Kier molecular flexibility index (Phi) is 5.64. The van der Waals surface area contributed by atoms with Crippen LogP contribution in [0.5, 0.6) is 0 Å². The van der Waals surface area contributed by atoms with Gasteiger partial charge in [-0.2, -0.15) is 0 Å². The van der Waals surface area contributed by atoms with Crippen LogP contribution in [0.15, 0.2) is 40.0 Å². The molecule has 1 aromatic carbocycles. The molecule has 4 atom stereocenters. The van der Waals surface area contributed by atoms with Crippen molar-refractivity contribution in [2.24, 2.45) is 11.1 Å². The van der Waals surface area contributed by atoms with E-state index in [1.165, 1.54) is 5.56 Å². The number of nitrogens with zero attached hydrogens (tertiary/aromatic N) is 3. The van der Waals surface area contributed by atoms with Gasteiger partial charge < -0.3 is 19.4 Å². The largest absolute Gasteiger partial charge is 0.391 e. The lowest BCUT2D eigenvalue weighted by molar-refractivity contribution is -0.134. The third-order valence-electron chi connectivity index (χ3n) is 6.38. The Labute approximate surface area is 183 Å². The molecule has 1 saturated heterocycles. The molecule has 7 heteroatoms. The molecule has 166 valence electrons. The predicted octanol–water partition coefficient (Wildman–Crippen LogP) is 3.68. The molecule has 4 rings (SSSR count). The van der Waals surface area contributed by atoms with Gasteiger partial charge in [-0.05, 0) is 32.3 Å². The van der Waals surface area contributed by atoms with Crippen LogP contribution in [0.3, 0.4) is 0 Å². The van der Waals surface area contributed by atoms with Crippen molar-refractivity contribution < 1.29 is 19.3 Å². The first-order chi connectivity index (χ1) is 14.7. The van der Waals surface area contributed by atoms with Crippen LogP contribution in [0.1, 0.15) is 62.1 Å². The van der Waals surface area contributed by atoms with Crippen molar-refractivity contribution in [3.05, 3.63) is 52.9 Å². The number of aromatic nitrogens is 1. The maximum absolute atomic E-state index is 13.6. The van der Waals surface area contributed by atoms with Crippen LogP contribution < -0.4 is 0 Å². The number of carbonyl (C=O) groups excluding carboxylic acids is 1. The number of carbonyl (C=O) groups is 1. The summed E-state index contributed by atoms with van der Waals surface area (Å²) in [4.78, 5) is 21.2. The van der Waals surface area contributed by atoms with Gasteiger partial charge in [0.1, 0.15) is 11.7 Å². The highest BCUT2D eigenvalue weighted by molar-refractivity contribution is 5.96. The third-order valence-corrected chi connectivity index (χ3v) is 6.38. The number of amides is 1. The summed E-state index contributed by atoms with van der Waals surface area (Å²) < 4.78 is 5.44. The summed E-state index contributed by atoms with van der Waals surface area (Å²) in [5.74, 6) is 0.0596. The van der Waals surface area contributed by atoms with E-state index in [4.69, 9.17) is 9.36 Å². The summed E-state index contributed by atoms with van der Waals surface area (Å²) in [6, 6.07) is 9.75. The molecular formula is C24H31N3O4. The highest BCUT2D eigenvalue weighted by Gasteiger charge is 2.46. The molecule has 0 aliphatic carbocycles. The average molecular weight is 426 g/mol. The molecule has 1 aromatic heterocycles. The molecule has 2 aliphatic heterocycles. The predicted molar refractivity (Wildman–Crippen MR) is 117 cm³/mol. The molecule has 1 unspecified atom stereocenters. The third kappa shape index (κ3) is 4.11. The number of aliphatic hydroxyl groups excluding tert-OH is 1. The highest BCUT2D eigenvalue weighted by atomic mass is 16.7. The van der Waals surface area contributed by atoms with Gasteiger partial charge in [0.2, 0.25) is 5.91 Å². The number of oxime groups is 1. The van der Waals surface area contributed by atoms with Gasteiger partial charge in [-0.1, -0.05) is 54.0 Å². The zero-order valence-electron chi connectivity index (χ0n) is 18.8. The number of hydrogen-bond donors (Lipinski definition) is 1. The molecule has 31 heavy (non-hydrogen) atoms. The monoisotopic (exact) mass is 425 g/mol. The molecule has 0 spiro atoms. The van der Waals surface area contributed by atoms with Crippen molar-refractivity contribution in [1.29, 1.82) is 0 Å². The van der Waals surface area contributed by atoms with E-state index < -0.39 is 17.6 Å². The second-order valence-electron chi connectivity index (χ2n) is 9.44. The zero-order chi connectivity index (χ0) is 22.3. The highest BCUT2D eigenvalue weighted by Crippen LogP contribution is 2.39. The average Bonchev–Trinajstić information content (AvgIpc) is 3.41. The summed E-state index contributed by atoms with van der Waals surface area (Å²) in [6.45, 7) is 10.2. The van der Waals surface area contributed by atoms with Gasteiger partial charge >= 0.3 is 0 Å². The smallest absolute Gasteiger partial charge is 0.234 e. The van der Waals surface area contributed by atoms with Gasteiger partial charge in [-0.3, -0.25) is 4.79 Å². The van der Waals surface area contributed by atoms with Gasteiger partial charge in [0, 0.05) is 25.5 Å². The Morgan fingerprint density at radius 3 is 2.58 bits per heavy atom. The van der Waals surface area contributed by atoms with Crippen LogP contribution in [-0.2, 0) is 15.2 Å². The molecule has 1 fully saturated rings. The topological polar surface area (TPSA) is 88.2 Å². The van der Waals surface area contributed by atoms with Crippen LogP contribution in [0.2, 0.25) is 0 Å². The van der Waals surface area contributed by atoms with Crippen LogP contribution in [0.25, 0.3) is 0 Å². The van der Waals surface area contributed by atoms with Gasteiger partial charge in [-0.15, -0.1) is 0 Å². The van der Waals surface area contributed by atoms with Gasteiger partial charge in [-0.25, -0.2) is 0 Å². The van der Waals surface area contributed by atoms with E-state index in [9.17, 15) is 9.90 Å². The molecule has 7 nitrogen and oxygen atoms in total. The minimum absolute atomic E-state index is 0.0258.